The average Bonchev–Trinajstić information content (AvgIpc) is 2.29. The van der Waals surface area contributed by atoms with E-state index in [2.05, 4.69) is 9.99 Å². The molecule has 1 aromatic carbocycles. The van der Waals surface area contributed by atoms with E-state index in [4.69, 9.17) is 5.41 Å². The number of ketones is 1. The maximum atomic E-state index is 11.4. The molecule has 0 aliphatic heterocycles. The maximum Gasteiger partial charge on any atom is 0.217 e. The van der Waals surface area contributed by atoms with Crippen molar-refractivity contribution in [3.63, 3.8) is 0 Å². The Hall–Kier alpha value is -1.97. The second-order valence-electron chi connectivity index (χ2n) is 2.83. The third kappa shape index (κ3) is 3.72. The summed E-state index contributed by atoms with van der Waals surface area (Å²) in [5.41, 5.74) is 0.549. The maximum absolute atomic E-state index is 11.4. The van der Waals surface area contributed by atoms with E-state index in [0.717, 1.165) is 6.21 Å². The lowest BCUT2D eigenvalue weighted by Gasteiger charge is -1.95. The van der Waals surface area contributed by atoms with E-state index in [-0.39, 0.29) is 11.7 Å². The van der Waals surface area contributed by atoms with E-state index in [9.17, 15) is 4.79 Å². The first-order chi connectivity index (χ1) is 7.24. The van der Waals surface area contributed by atoms with Gasteiger partial charge in [0.1, 0.15) is 6.21 Å². The lowest BCUT2D eigenvalue weighted by Crippen LogP contribution is -2.02. The summed E-state index contributed by atoms with van der Waals surface area (Å²) in [6.45, 7) is 1.77. The monoisotopic (exact) mass is 204 g/mol. The number of carbonyl (C=O) groups is 1. The highest BCUT2D eigenvalue weighted by atomic mass is 16.6. The summed E-state index contributed by atoms with van der Waals surface area (Å²) in [5, 5.41) is 10.6. The molecule has 0 radical (unpaired) electrons. The van der Waals surface area contributed by atoms with Crippen molar-refractivity contribution >= 4 is 17.9 Å². The molecule has 0 amide bonds. The van der Waals surface area contributed by atoms with Gasteiger partial charge < -0.3 is 4.84 Å². The Morgan fingerprint density at radius 3 is 2.73 bits per heavy atom. The lowest BCUT2D eigenvalue weighted by atomic mass is 10.1. The lowest BCUT2D eigenvalue weighted by molar-refractivity contribution is 0.106. The Morgan fingerprint density at radius 2 is 2.13 bits per heavy atom. The van der Waals surface area contributed by atoms with Crippen molar-refractivity contribution in [3.8, 4) is 0 Å². The highest BCUT2D eigenvalue weighted by molar-refractivity contribution is 6.35. The molecule has 78 valence electrons. The number of hydrogen-bond donors (Lipinski definition) is 1. The van der Waals surface area contributed by atoms with E-state index in [1.807, 2.05) is 6.07 Å². The van der Waals surface area contributed by atoms with Gasteiger partial charge in [-0.25, -0.2) is 0 Å². The fourth-order valence-corrected chi connectivity index (χ4v) is 0.879. The minimum atomic E-state index is -0.237. The predicted molar refractivity (Wildman–Crippen MR) is 58.4 cm³/mol. The van der Waals surface area contributed by atoms with Gasteiger partial charge in [0.2, 0.25) is 11.7 Å². The number of Topliss-reactive ketones (excluding diaryl/α,β-unsaturated/α-hetero) is 1. The van der Waals surface area contributed by atoms with Crippen LogP contribution in [0.15, 0.2) is 35.5 Å². The average molecular weight is 204 g/mol. The molecule has 0 aromatic heterocycles. The Balaban J connectivity index is 2.53. The molecule has 0 atom stereocenters. The van der Waals surface area contributed by atoms with Crippen LogP contribution in [0, 0.1) is 5.41 Å². The fourth-order valence-electron chi connectivity index (χ4n) is 0.879. The van der Waals surface area contributed by atoms with Gasteiger partial charge in [0.05, 0.1) is 0 Å². The van der Waals surface area contributed by atoms with Gasteiger partial charge in [0.15, 0.2) is 0 Å². The van der Waals surface area contributed by atoms with Crippen molar-refractivity contribution in [2.45, 2.75) is 13.3 Å². The Kier molecular flexibility index (Phi) is 4.22. The third-order valence-corrected chi connectivity index (χ3v) is 1.71. The van der Waals surface area contributed by atoms with E-state index < -0.39 is 0 Å². The zero-order valence-corrected chi connectivity index (χ0v) is 8.43. The quantitative estimate of drug-likeness (QED) is 0.354. The molecule has 0 aliphatic rings. The van der Waals surface area contributed by atoms with Gasteiger partial charge in [0.25, 0.3) is 0 Å². The zero-order valence-electron chi connectivity index (χ0n) is 8.43. The highest BCUT2D eigenvalue weighted by Gasteiger charge is 2.00. The van der Waals surface area contributed by atoms with E-state index in [0.29, 0.717) is 12.0 Å². The van der Waals surface area contributed by atoms with E-state index in [1.165, 1.54) is 0 Å². The molecule has 4 heteroatoms. The van der Waals surface area contributed by atoms with Gasteiger partial charge in [-0.05, 0) is 0 Å². The molecule has 0 unspecified atom stereocenters. The minimum absolute atomic E-state index is 0.0344. The largest absolute Gasteiger partial charge is 0.342 e. The van der Waals surface area contributed by atoms with Crippen LogP contribution in [0.2, 0.25) is 0 Å². The van der Waals surface area contributed by atoms with E-state index >= 15 is 0 Å². The third-order valence-electron chi connectivity index (χ3n) is 1.71. The predicted octanol–water partition coefficient (Wildman–Crippen LogP) is 2.26. The standard InChI is InChI=1S/C11H12N2O2/c1-2-11(12)15-13-8-10(14)9-6-4-3-5-7-9/h3-8,12H,2H2,1H3/b12-11?,13-8+. The molecule has 1 N–H and O–H groups in total. The van der Waals surface area contributed by atoms with Crippen LogP contribution in [-0.2, 0) is 4.84 Å². The molecule has 0 fully saturated rings. The van der Waals surface area contributed by atoms with Gasteiger partial charge in [-0.15, -0.1) is 0 Å². The van der Waals surface area contributed by atoms with Crippen molar-refractivity contribution in [2.75, 3.05) is 0 Å². The first-order valence-electron chi connectivity index (χ1n) is 4.61. The molecule has 0 spiro atoms. The molecule has 1 aromatic rings. The molecular formula is C11H12N2O2. The van der Waals surface area contributed by atoms with Crippen LogP contribution in [0.5, 0.6) is 0 Å². The Labute approximate surface area is 88.1 Å². The number of nitrogens with one attached hydrogen (secondary N) is 1. The van der Waals surface area contributed by atoms with Crippen LogP contribution in [0.1, 0.15) is 23.7 Å². The van der Waals surface area contributed by atoms with Crippen LogP contribution >= 0.6 is 0 Å². The molecule has 4 nitrogen and oxygen atoms in total. The van der Waals surface area contributed by atoms with E-state index in [1.54, 1.807) is 31.2 Å². The van der Waals surface area contributed by atoms with Crippen LogP contribution in [-0.4, -0.2) is 17.9 Å². The summed E-state index contributed by atoms with van der Waals surface area (Å²) in [5.74, 6) is -0.202. The summed E-state index contributed by atoms with van der Waals surface area (Å²) in [4.78, 5) is 16.0. The van der Waals surface area contributed by atoms with Crippen LogP contribution < -0.4 is 0 Å². The first-order valence-corrected chi connectivity index (χ1v) is 4.61. The Morgan fingerprint density at radius 1 is 1.47 bits per heavy atom. The van der Waals surface area contributed by atoms with Crippen molar-refractivity contribution in [1.29, 1.82) is 5.41 Å². The molecule has 0 saturated carbocycles. The second kappa shape index (κ2) is 5.70. The fraction of sp³-hybridized carbons (Fsp3) is 0.182. The summed E-state index contributed by atoms with van der Waals surface area (Å²) < 4.78 is 0. The SMILES string of the molecule is CCC(=N)O/N=C/C(=O)c1ccccc1. The van der Waals surface area contributed by atoms with Crippen molar-refractivity contribution in [3.05, 3.63) is 35.9 Å². The Bertz CT molecular complexity index is 371. The zero-order chi connectivity index (χ0) is 11.1. The number of oxime groups is 1. The highest BCUT2D eigenvalue weighted by Crippen LogP contribution is 1.98. The number of nitrogens with zero attached hydrogens (tertiary/aromatic N) is 1. The van der Waals surface area contributed by atoms with Gasteiger partial charge in [0, 0.05) is 12.0 Å². The number of benzene rings is 1. The van der Waals surface area contributed by atoms with Crippen LogP contribution in [0.4, 0.5) is 0 Å². The summed E-state index contributed by atoms with van der Waals surface area (Å²) in [6.07, 6.45) is 1.52. The van der Waals surface area contributed by atoms with Gasteiger partial charge >= 0.3 is 0 Å². The second-order valence-corrected chi connectivity index (χ2v) is 2.83. The topological polar surface area (TPSA) is 62.5 Å². The number of hydrogen-bond acceptors (Lipinski definition) is 4. The normalized spacial score (nSPS) is 10.2. The van der Waals surface area contributed by atoms with Crippen LogP contribution in [0.3, 0.4) is 0 Å². The molecular weight excluding hydrogens is 192 g/mol. The number of rotatable bonds is 4. The molecule has 0 bridgehead atoms. The minimum Gasteiger partial charge on any atom is -0.342 e. The molecule has 15 heavy (non-hydrogen) atoms. The molecule has 1 rings (SSSR count). The summed E-state index contributed by atoms with van der Waals surface area (Å²) in [7, 11) is 0. The van der Waals surface area contributed by atoms with Gasteiger partial charge in [-0.3, -0.25) is 10.2 Å². The van der Waals surface area contributed by atoms with Crippen molar-refractivity contribution in [1.82, 2.24) is 0 Å². The molecule has 0 heterocycles. The first kappa shape index (κ1) is 11.1. The summed E-state index contributed by atoms with van der Waals surface area (Å²) in [6, 6.07) is 8.77. The van der Waals surface area contributed by atoms with Crippen molar-refractivity contribution < 1.29 is 9.63 Å². The number of carbonyl (C=O) groups excluding carboxylic acids is 1. The van der Waals surface area contributed by atoms with Crippen molar-refractivity contribution in [2.24, 2.45) is 5.16 Å². The van der Waals surface area contributed by atoms with Gasteiger partial charge in [-0.1, -0.05) is 42.4 Å². The molecule has 0 saturated heterocycles. The smallest absolute Gasteiger partial charge is 0.217 e. The van der Waals surface area contributed by atoms with Crippen LogP contribution in [0.25, 0.3) is 0 Å². The summed E-state index contributed by atoms with van der Waals surface area (Å²) >= 11 is 0. The van der Waals surface area contributed by atoms with Gasteiger partial charge in [-0.2, -0.15) is 0 Å². The molecule has 0 aliphatic carbocycles.